The number of benzene rings is 3. The van der Waals surface area contributed by atoms with Gasteiger partial charge < -0.3 is 10.1 Å². The van der Waals surface area contributed by atoms with Gasteiger partial charge in [-0.25, -0.2) is 9.79 Å². The third-order valence-electron chi connectivity index (χ3n) is 7.45. The van der Waals surface area contributed by atoms with Crippen molar-refractivity contribution in [2.45, 2.75) is 51.4 Å². The standard InChI is InChI=1S/C30H29N3O2/c1-29(2)12-13-30(3,4)23-16-25-21(15-22(23)29)27(19-7-9-20(10-8-19)28(34)35-5)33-26-14-18(17-31)6-11-24(26)32-25/h6-11,14-16,32H,12-13H2,1-5H3. The highest BCUT2D eigenvalue weighted by Gasteiger charge is 2.38. The molecule has 2 aliphatic rings. The maximum atomic E-state index is 12.0. The monoisotopic (exact) mass is 463 g/mol. The number of nitriles is 1. The molecule has 0 spiro atoms. The zero-order valence-corrected chi connectivity index (χ0v) is 20.8. The summed E-state index contributed by atoms with van der Waals surface area (Å²) in [6.45, 7) is 9.26. The van der Waals surface area contributed by atoms with E-state index < -0.39 is 0 Å². The minimum Gasteiger partial charge on any atom is -0.465 e. The number of carbonyl (C=O) groups excluding carboxylic acids is 1. The van der Waals surface area contributed by atoms with Crippen LogP contribution in [0.2, 0.25) is 0 Å². The number of carbonyl (C=O) groups is 1. The number of hydrogen-bond donors (Lipinski definition) is 1. The van der Waals surface area contributed by atoms with E-state index in [4.69, 9.17) is 9.73 Å². The van der Waals surface area contributed by atoms with Crippen LogP contribution in [0.15, 0.2) is 59.6 Å². The topological polar surface area (TPSA) is 74.5 Å². The average Bonchev–Trinajstić information content (AvgIpc) is 3.01. The maximum absolute atomic E-state index is 12.0. The summed E-state index contributed by atoms with van der Waals surface area (Å²) in [5.74, 6) is -0.372. The van der Waals surface area contributed by atoms with E-state index >= 15 is 0 Å². The zero-order chi connectivity index (χ0) is 25.0. The molecule has 0 radical (unpaired) electrons. The van der Waals surface area contributed by atoms with Crippen molar-refractivity contribution in [3.63, 3.8) is 0 Å². The fourth-order valence-corrected chi connectivity index (χ4v) is 5.14. The summed E-state index contributed by atoms with van der Waals surface area (Å²) in [5.41, 5.74) is 9.14. The van der Waals surface area contributed by atoms with Crippen molar-refractivity contribution in [1.29, 1.82) is 5.26 Å². The number of methoxy groups -OCH3 is 1. The first kappa shape index (κ1) is 22.9. The SMILES string of the molecule is COC(=O)c1ccc(C2=Nc3cc(C#N)ccc3Nc3cc4c(cc32)C(C)(C)CCC4(C)C)cc1. The van der Waals surface area contributed by atoms with Gasteiger partial charge in [-0.2, -0.15) is 5.26 Å². The minimum atomic E-state index is -0.372. The number of hydrogen-bond acceptors (Lipinski definition) is 5. The first-order valence-electron chi connectivity index (χ1n) is 11.9. The largest absolute Gasteiger partial charge is 0.465 e. The summed E-state index contributed by atoms with van der Waals surface area (Å²) < 4.78 is 4.86. The number of rotatable bonds is 2. The van der Waals surface area contributed by atoms with Crippen molar-refractivity contribution in [2.24, 2.45) is 4.99 Å². The molecule has 0 saturated heterocycles. The van der Waals surface area contributed by atoms with E-state index in [1.807, 2.05) is 30.3 Å². The second kappa shape index (κ2) is 8.09. The first-order valence-corrected chi connectivity index (χ1v) is 11.9. The summed E-state index contributed by atoms with van der Waals surface area (Å²) in [6, 6.07) is 19.7. The van der Waals surface area contributed by atoms with E-state index in [2.05, 4.69) is 51.2 Å². The molecule has 176 valence electrons. The molecule has 0 amide bonds. The molecule has 0 aromatic heterocycles. The quantitative estimate of drug-likeness (QED) is 0.327. The number of nitrogens with zero attached hydrogens (tertiary/aromatic N) is 2. The molecule has 1 aliphatic heterocycles. The predicted octanol–water partition coefficient (Wildman–Crippen LogP) is 6.92. The molecule has 0 saturated carbocycles. The van der Waals surface area contributed by atoms with Gasteiger partial charge in [-0.1, -0.05) is 39.8 Å². The molecule has 3 aromatic rings. The van der Waals surface area contributed by atoms with Crippen LogP contribution < -0.4 is 5.32 Å². The third kappa shape index (κ3) is 3.89. The van der Waals surface area contributed by atoms with Crippen LogP contribution in [0.5, 0.6) is 0 Å². The zero-order valence-electron chi connectivity index (χ0n) is 20.8. The van der Waals surface area contributed by atoms with Gasteiger partial charge in [0.2, 0.25) is 0 Å². The van der Waals surface area contributed by atoms with Gasteiger partial charge >= 0.3 is 5.97 Å². The molecule has 0 unspecified atom stereocenters. The molecule has 1 heterocycles. The van der Waals surface area contributed by atoms with Crippen LogP contribution in [-0.4, -0.2) is 18.8 Å². The number of nitrogens with one attached hydrogen (secondary N) is 1. The highest BCUT2D eigenvalue weighted by Crippen LogP contribution is 2.49. The molecular weight excluding hydrogens is 434 g/mol. The van der Waals surface area contributed by atoms with E-state index in [1.165, 1.54) is 18.2 Å². The van der Waals surface area contributed by atoms with Gasteiger partial charge in [-0.3, -0.25) is 0 Å². The second-order valence-corrected chi connectivity index (χ2v) is 10.7. The number of ether oxygens (including phenoxy) is 1. The van der Waals surface area contributed by atoms with Crippen LogP contribution in [-0.2, 0) is 15.6 Å². The summed E-state index contributed by atoms with van der Waals surface area (Å²) in [6.07, 6.45) is 2.25. The van der Waals surface area contributed by atoms with Crippen molar-refractivity contribution in [3.8, 4) is 6.07 Å². The smallest absolute Gasteiger partial charge is 0.337 e. The summed E-state index contributed by atoms with van der Waals surface area (Å²) >= 11 is 0. The Hall–Kier alpha value is -3.91. The van der Waals surface area contributed by atoms with Crippen LogP contribution in [0.3, 0.4) is 0 Å². The molecule has 35 heavy (non-hydrogen) atoms. The molecule has 0 bridgehead atoms. The lowest BCUT2D eigenvalue weighted by molar-refractivity contribution is 0.0600. The fourth-order valence-electron chi connectivity index (χ4n) is 5.14. The molecule has 5 heteroatoms. The van der Waals surface area contributed by atoms with Crippen LogP contribution in [0.25, 0.3) is 0 Å². The molecule has 1 N–H and O–H groups in total. The normalized spacial score (nSPS) is 16.9. The fraction of sp³-hybridized carbons (Fsp3) is 0.300. The Bertz CT molecular complexity index is 1420. The van der Waals surface area contributed by atoms with Gasteiger partial charge in [0.15, 0.2) is 0 Å². The Morgan fingerprint density at radius 2 is 1.60 bits per heavy atom. The summed E-state index contributed by atoms with van der Waals surface area (Å²) in [7, 11) is 1.38. The molecule has 5 nitrogen and oxygen atoms in total. The Morgan fingerprint density at radius 3 is 2.23 bits per heavy atom. The van der Waals surface area contributed by atoms with E-state index in [9.17, 15) is 10.1 Å². The minimum absolute atomic E-state index is 0.0485. The van der Waals surface area contributed by atoms with Crippen molar-refractivity contribution in [1.82, 2.24) is 0 Å². The van der Waals surface area contributed by atoms with Crippen LogP contribution in [0.4, 0.5) is 17.1 Å². The van der Waals surface area contributed by atoms with Crippen LogP contribution in [0, 0.1) is 11.3 Å². The number of anilines is 2. The number of esters is 1. The lowest BCUT2D eigenvalue weighted by atomic mass is 9.62. The first-order chi connectivity index (χ1) is 16.6. The average molecular weight is 464 g/mol. The number of fused-ring (bicyclic) bond motifs is 3. The van der Waals surface area contributed by atoms with Gasteiger partial charge in [0.25, 0.3) is 0 Å². The van der Waals surface area contributed by atoms with Gasteiger partial charge in [0, 0.05) is 16.8 Å². The molecule has 0 atom stereocenters. The van der Waals surface area contributed by atoms with E-state index in [-0.39, 0.29) is 16.8 Å². The number of aliphatic imine (C=N–C) groups is 1. The summed E-state index contributed by atoms with van der Waals surface area (Å²) in [4.78, 5) is 17.1. The lowest BCUT2D eigenvalue weighted by Gasteiger charge is -2.42. The van der Waals surface area contributed by atoms with Crippen LogP contribution >= 0.6 is 0 Å². The van der Waals surface area contributed by atoms with Crippen molar-refractivity contribution < 1.29 is 9.53 Å². The molecular formula is C30H29N3O2. The van der Waals surface area contributed by atoms with E-state index in [0.717, 1.165) is 41.1 Å². The Morgan fingerprint density at radius 1 is 0.943 bits per heavy atom. The van der Waals surface area contributed by atoms with Gasteiger partial charge in [0.05, 0.1) is 41.4 Å². The maximum Gasteiger partial charge on any atom is 0.337 e. The van der Waals surface area contributed by atoms with Gasteiger partial charge in [-0.05, 0) is 77.3 Å². The third-order valence-corrected chi connectivity index (χ3v) is 7.45. The van der Waals surface area contributed by atoms with Crippen molar-refractivity contribution in [2.75, 3.05) is 12.4 Å². The highest BCUT2D eigenvalue weighted by molar-refractivity contribution is 6.19. The lowest BCUT2D eigenvalue weighted by Crippen LogP contribution is -2.34. The van der Waals surface area contributed by atoms with E-state index in [1.54, 1.807) is 12.1 Å². The van der Waals surface area contributed by atoms with Crippen molar-refractivity contribution >= 4 is 28.7 Å². The molecule has 5 rings (SSSR count). The van der Waals surface area contributed by atoms with Crippen molar-refractivity contribution in [3.05, 3.63) is 88.0 Å². The van der Waals surface area contributed by atoms with Crippen LogP contribution in [0.1, 0.15) is 78.7 Å². The summed E-state index contributed by atoms with van der Waals surface area (Å²) in [5, 5.41) is 13.1. The Balaban J connectivity index is 1.77. The molecule has 0 fully saturated rings. The Kier molecular flexibility index (Phi) is 5.29. The highest BCUT2D eigenvalue weighted by atomic mass is 16.5. The predicted molar refractivity (Wildman–Crippen MR) is 139 cm³/mol. The van der Waals surface area contributed by atoms with Gasteiger partial charge in [-0.15, -0.1) is 0 Å². The molecule has 3 aromatic carbocycles. The Labute approximate surface area is 206 Å². The second-order valence-electron chi connectivity index (χ2n) is 10.7. The van der Waals surface area contributed by atoms with Gasteiger partial charge in [0.1, 0.15) is 0 Å². The van der Waals surface area contributed by atoms with E-state index in [0.29, 0.717) is 16.8 Å². The molecule has 1 aliphatic carbocycles.